The van der Waals surface area contributed by atoms with Crippen LogP contribution in [-0.4, -0.2) is 12.6 Å². The van der Waals surface area contributed by atoms with Crippen molar-refractivity contribution < 1.29 is 4.39 Å². The molecule has 0 saturated heterocycles. The highest BCUT2D eigenvalue weighted by molar-refractivity contribution is 9.10. The second kappa shape index (κ2) is 5.90. The third-order valence-electron chi connectivity index (χ3n) is 3.99. The number of nitrogens with one attached hydrogen (secondary N) is 1. The summed E-state index contributed by atoms with van der Waals surface area (Å²) in [7, 11) is 0. The zero-order valence-electron chi connectivity index (χ0n) is 11.5. The summed E-state index contributed by atoms with van der Waals surface area (Å²) < 4.78 is 14.1. The SMILES string of the molecule is CC1(C)CCC(NC(CN)c2ccc(Br)c(F)c2)C1. The highest BCUT2D eigenvalue weighted by atomic mass is 79.9. The molecule has 0 aromatic heterocycles. The summed E-state index contributed by atoms with van der Waals surface area (Å²) in [5.41, 5.74) is 7.17. The van der Waals surface area contributed by atoms with Gasteiger partial charge in [-0.2, -0.15) is 0 Å². The van der Waals surface area contributed by atoms with E-state index in [-0.39, 0.29) is 11.9 Å². The Labute approximate surface area is 123 Å². The fourth-order valence-corrected chi connectivity index (χ4v) is 3.14. The van der Waals surface area contributed by atoms with Gasteiger partial charge < -0.3 is 11.1 Å². The Morgan fingerprint density at radius 1 is 1.53 bits per heavy atom. The maximum absolute atomic E-state index is 13.6. The maximum atomic E-state index is 13.6. The Morgan fingerprint density at radius 2 is 2.26 bits per heavy atom. The fourth-order valence-electron chi connectivity index (χ4n) is 2.89. The molecule has 2 atom stereocenters. The van der Waals surface area contributed by atoms with Crippen molar-refractivity contribution in [2.24, 2.45) is 11.1 Å². The van der Waals surface area contributed by atoms with E-state index in [4.69, 9.17) is 5.73 Å². The quantitative estimate of drug-likeness (QED) is 0.883. The average Bonchev–Trinajstić information content (AvgIpc) is 2.69. The summed E-state index contributed by atoms with van der Waals surface area (Å²) in [6, 6.07) is 5.75. The van der Waals surface area contributed by atoms with Crippen LogP contribution in [0.1, 0.15) is 44.7 Å². The van der Waals surface area contributed by atoms with Crippen LogP contribution in [0.2, 0.25) is 0 Å². The molecule has 19 heavy (non-hydrogen) atoms. The van der Waals surface area contributed by atoms with E-state index < -0.39 is 0 Å². The number of halogens is 2. The minimum atomic E-state index is -0.232. The van der Waals surface area contributed by atoms with Crippen molar-refractivity contribution >= 4 is 15.9 Å². The van der Waals surface area contributed by atoms with E-state index in [1.165, 1.54) is 12.8 Å². The zero-order valence-corrected chi connectivity index (χ0v) is 13.1. The van der Waals surface area contributed by atoms with Gasteiger partial charge in [0.05, 0.1) is 4.47 Å². The van der Waals surface area contributed by atoms with Gasteiger partial charge in [-0.1, -0.05) is 19.9 Å². The highest BCUT2D eigenvalue weighted by Gasteiger charge is 2.31. The topological polar surface area (TPSA) is 38.0 Å². The fraction of sp³-hybridized carbons (Fsp3) is 0.600. The van der Waals surface area contributed by atoms with Crippen LogP contribution in [0, 0.1) is 11.2 Å². The molecule has 0 spiro atoms. The molecule has 1 saturated carbocycles. The van der Waals surface area contributed by atoms with Crippen LogP contribution in [0.3, 0.4) is 0 Å². The summed E-state index contributed by atoms with van der Waals surface area (Å²) in [4.78, 5) is 0. The van der Waals surface area contributed by atoms with Crippen LogP contribution in [-0.2, 0) is 0 Å². The Kier molecular flexibility index (Phi) is 4.64. The van der Waals surface area contributed by atoms with Gasteiger partial charge in [0.25, 0.3) is 0 Å². The molecule has 1 aromatic carbocycles. The molecule has 3 N–H and O–H groups in total. The first-order valence-corrected chi connectivity index (χ1v) is 7.62. The number of nitrogens with two attached hydrogens (primary N) is 1. The van der Waals surface area contributed by atoms with Gasteiger partial charge in [0, 0.05) is 18.6 Å². The molecule has 0 amide bonds. The standard InChI is InChI=1S/C15H22BrFN2/c1-15(2)6-5-11(8-15)19-14(9-18)10-3-4-12(16)13(17)7-10/h3-4,7,11,14,19H,5-6,8-9,18H2,1-2H3. The monoisotopic (exact) mass is 328 g/mol. The minimum absolute atomic E-state index is 0.0292. The van der Waals surface area contributed by atoms with E-state index in [2.05, 4.69) is 35.1 Å². The van der Waals surface area contributed by atoms with Crippen molar-refractivity contribution in [3.05, 3.63) is 34.1 Å². The minimum Gasteiger partial charge on any atom is -0.329 e. The van der Waals surface area contributed by atoms with Gasteiger partial charge in [0.15, 0.2) is 0 Å². The summed E-state index contributed by atoms with van der Waals surface area (Å²) in [5, 5.41) is 3.58. The van der Waals surface area contributed by atoms with E-state index in [9.17, 15) is 4.39 Å². The van der Waals surface area contributed by atoms with Gasteiger partial charge in [-0.15, -0.1) is 0 Å². The smallest absolute Gasteiger partial charge is 0.137 e. The van der Waals surface area contributed by atoms with E-state index >= 15 is 0 Å². The largest absolute Gasteiger partial charge is 0.329 e. The Bertz CT molecular complexity index is 448. The first-order chi connectivity index (χ1) is 8.91. The van der Waals surface area contributed by atoms with Crippen LogP contribution < -0.4 is 11.1 Å². The first kappa shape index (κ1) is 14.9. The molecule has 1 aliphatic carbocycles. The highest BCUT2D eigenvalue weighted by Crippen LogP contribution is 2.37. The Morgan fingerprint density at radius 3 is 2.79 bits per heavy atom. The van der Waals surface area contributed by atoms with E-state index in [1.54, 1.807) is 12.1 Å². The summed E-state index contributed by atoms with van der Waals surface area (Å²) in [6.45, 7) is 5.08. The van der Waals surface area contributed by atoms with E-state index in [1.807, 2.05) is 6.07 Å². The number of benzene rings is 1. The van der Waals surface area contributed by atoms with Gasteiger partial charge in [0.2, 0.25) is 0 Å². The van der Waals surface area contributed by atoms with Crippen LogP contribution in [0.25, 0.3) is 0 Å². The molecule has 0 bridgehead atoms. The van der Waals surface area contributed by atoms with Crippen molar-refractivity contribution in [3.63, 3.8) is 0 Å². The molecule has 0 radical (unpaired) electrons. The van der Waals surface area contributed by atoms with Gasteiger partial charge >= 0.3 is 0 Å². The van der Waals surface area contributed by atoms with Crippen LogP contribution >= 0.6 is 15.9 Å². The van der Waals surface area contributed by atoms with Crippen LogP contribution in [0.4, 0.5) is 4.39 Å². The molecule has 4 heteroatoms. The van der Waals surface area contributed by atoms with Crippen LogP contribution in [0.15, 0.2) is 22.7 Å². The number of hydrogen-bond donors (Lipinski definition) is 2. The lowest BCUT2D eigenvalue weighted by Gasteiger charge is -2.24. The van der Waals surface area contributed by atoms with Crippen molar-refractivity contribution in [2.45, 2.75) is 45.2 Å². The molecule has 2 rings (SSSR count). The Hall–Kier alpha value is -0.450. The molecule has 1 aliphatic rings. The number of hydrogen-bond acceptors (Lipinski definition) is 2. The predicted molar refractivity (Wildman–Crippen MR) is 80.5 cm³/mol. The Balaban J connectivity index is 2.06. The van der Waals surface area contributed by atoms with Gasteiger partial charge in [-0.25, -0.2) is 4.39 Å². The maximum Gasteiger partial charge on any atom is 0.137 e. The lowest BCUT2D eigenvalue weighted by Crippen LogP contribution is -2.35. The third-order valence-corrected chi connectivity index (χ3v) is 4.63. The predicted octanol–water partition coefficient (Wildman–Crippen LogP) is 3.76. The molecular formula is C15H22BrFN2. The van der Waals surface area contributed by atoms with Crippen molar-refractivity contribution in [3.8, 4) is 0 Å². The van der Waals surface area contributed by atoms with Crippen molar-refractivity contribution in [2.75, 3.05) is 6.54 Å². The zero-order chi connectivity index (χ0) is 14.0. The number of rotatable bonds is 4. The first-order valence-electron chi connectivity index (χ1n) is 6.82. The molecule has 1 fully saturated rings. The molecule has 2 unspecified atom stereocenters. The molecule has 0 aliphatic heterocycles. The van der Waals surface area contributed by atoms with Gasteiger partial charge in [-0.05, 0) is 58.3 Å². The molecule has 0 heterocycles. The molecule has 106 valence electrons. The van der Waals surface area contributed by atoms with Crippen LogP contribution in [0.5, 0.6) is 0 Å². The molecular weight excluding hydrogens is 307 g/mol. The average molecular weight is 329 g/mol. The molecule has 1 aromatic rings. The normalized spacial score (nSPS) is 23.5. The second-order valence-corrected chi connectivity index (χ2v) is 7.09. The van der Waals surface area contributed by atoms with E-state index in [0.29, 0.717) is 22.5 Å². The summed E-state index contributed by atoms with van der Waals surface area (Å²) in [6.07, 6.45) is 3.56. The summed E-state index contributed by atoms with van der Waals surface area (Å²) >= 11 is 3.18. The lowest BCUT2D eigenvalue weighted by atomic mass is 9.91. The van der Waals surface area contributed by atoms with Gasteiger partial charge in [-0.3, -0.25) is 0 Å². The van der Waals surface area contributed by atoms with Gasteiger partial charge in [0.1, 0.15) is 5.82 Å². The second-order valence-electron chi connectivity index (χ2n) is 6.23. The van der Waals surface area contributed by atoms with Crippen molar-refractivity contribution in [1.29, 1.82) is 0 Å². The van der Waals surface area contributed by atoms with E-state index in [0.717, 1.165) is 12.0 Å². The summed E-state index contributed by atoms with van der Waals surface area (Å²) in [5.74, 6) is -0.232. The molecule has 2 nitrogen and oxygen atoms in total. The van der Waals surface area contributed by atoms with Crippen molar-refractivity contribution in [1.82, 2.24) is 5.32 Å². The third kappa shape index (κ3) is 3.77. The lowest BCUT2D eigenvalue weighted by molar-refractivity contribution is 0.353.